The molecule has 1 unspecified atom stereocenters. The van der Waals surface area contributed by atoms with Crippen molar-refractivity contribution in [3.63, 3.8) is 0 Å². The van der Waals surface area contributed by atoms with Crippen LogP contribution in [-0.4, -0.2) is 24.1 Å². The summed E-state index contributed by atoms with van der Waals surface area (Å²) in [5.74, 6) is 1.73. The SMILES string of the molecule is C1=CC(c2ccccc2)(c2ccc3c4ccc5c6ccccc6n(-c6ccccc6)c5c4n(-c4nc(-c5ccccc5)nc(-c5cccc(-c6ccccc6)c5)n4)c3c2)c2cccc3cccc1c23. The third-order valence-corrected chi connectivity index (χ3v) is 14.2. The highest BCUT2D eigenvalue weighted by Gasteiger charge is 2.38. The maximum Gasteiger partial charge on any atom is 0.238 e. The first-order chi connectivity index (χ1) is 34.2. The molecule has 3 heterocycles. The van der Waals surface area contributed by atoms with Gasteiger partial charge in [-0.1, -0.05) is 218 Å². The van der Waals surface area contributed by atoms with Crippen molar-refractivity contribution in [1.82, 2.24) is 24.1 Å². The third kappa shape index (κ3) is 6.00. The number of hydrogen-bond donors (Lipinski definition) is 0. The van der Waals surface area contributed by atoms with Gasteiger partial charge in [-0.3, -0.25) is 4.57 Å². The lowest BCUT2D eigenvalue weighted by atomic mass is 9.65. The van der Waals surface area contributed by atoms with E-state index in [2.05, 4.69) is 240 Å². The van der Waals surface area contributed by atoms with E-state index in [1.807, 2.05) is 18.2 Å². The van der Waals surface area contributed by atoms with E-state index in [1.54, 1.807) is 0 Å². The van der Waals surface area contributed by atoms with Crippen molar-refractivity contribution < 1.29 is 0 Å². The van der Waals surface area contributed by atoms with Crippen LogP contribution in [0, 0.1) is 0 Å². The van der Waals surface area contributed by atoms with Crippen LogP contribution in [0.2, 0.25) is 0 Å². The minimum Gasteiger partial charge on any atom is -0.307 e. The van der Waals surface area contributed by atoms with Crippen molar-refractivity contribution in [2.24, 2.45) is 0 Å². The van der Waals surface area contributed by atoms with Crippen molar-refractivity contribution >= 4 is 60.5 Å². The Hall–Kier alpha value is -9.19. The Morgan fingerprint density at radius 2 is 0.942 bits per heavy atom. The minimum absolute atomic E-state index is 0.541. The van der Waals surface area contributed by atoms with Gasteiger partial charge in [0.1, 0.15) is 0 Å². The monoisotopic (exact) mass is 879 g/mol. The fourth-order valence-corrected chi connectivity index (χ4v) is 11.1. The van der Waals surface area contributed by atoms with Gasteiger partial charge in [-0.05, 0) is 74.5 Å². The summed E-state index contributed by atoms with van der Waals surface area (Å²) in [5.41, 5.74) is 13.6. The maximum absolute atomic E-state index is 5.57. The molecule has 0 bridgehead atoms. The second-order valence-corrected chi connectivity index (χ2v) is 18.0. The summed E-state index contributed by atoms with van der Waals surface area (Å²) < 4.78 is 4.74. The van der Waals surface area contributed by atoms with E-state index < -0.39 is 5.41 Å². The second-order valence-electron chi connectivity index (χ2n) is 18.0. The molecule has 5 heteroatoms. The quantitative estimate of drug-likeness (QED) is 0.160. The minimum atomic E-state index is -0.615. The number of para-hydroxylation sites is 2. The molecule has 10 aromatic carbocycles. The number of benzene rings is 10. The second kappa shape index (κ2) is 15.4. The first-order valence-electron chi connectivity index (χ1n) is 23.5. The molecule has 0 amide bonds. The molecule has 0 spiro atoms. The predicted octanol–water partition coefficient (Wildman–Crippen LogP) is 15.6. The van der Waals surface area contributed by atoms with Gasteiger partial charge in [-0.25, -0.2) is 4.98 Å². The van der Waals surface area contributed by atoms with E-state index in [0.717, 1.165) is 71.7 Å². The summed E-state index contributed by atoms with van der Waals surface area (Å²) in [5, 5.41) is 7.04. The normalized spacial score (nSPS) is 14.4. The van der Waals surface area contributed by atoms with Crippen LogP contribution in [0.25, 0.3) is 106 Å². The number of nitrogens with zero attached hydrogens (tertiary/aromatic N) is 5. The molecule has 0 saturated heterocycles. The van der Waals surface area contributed by atoms with E-state index in [9.17, 15) is 0 Å². The van der Waals surface area contributed by atoms with Gasteiger partial charge in [-0.2, -0.15) is 9.97 Å². The zero-order chi connectivity index (χ0) is 45.5. The predicted molar refractivity (Wildman–Crippen MR) is 284 cm³/mol. The summed E-state index contributed by atoms with van der Waals surface area (Å²) in [6, 6.07) is 84.7. The molecule has 3 aromatic heterocycles. The molecular formula is C64H41N5. The maximum atomic E-state index is 5.57. The van der Waals surface area contributed by atoms with Gasteiger partial charge in [0.05, 0.1) is 27.5 Å². The molecule has 1 aliphatic rings. The molecule has 1 atom stereocenters. The average Bonchev–Trinajstić information content (AvgIpc) is 3.95. The number of rotatable bonds is 7. The van der Waals surface area contributed by atoms with E-state index in [4.69, 9.17) is 15.0 Å². The molecule has 0 fully saturated rings. The summed E-state index contributed by atoms with van der Waals surface area (Å²) in [7, 11) is 0. The van der Waals surface area contributed by atoms with Crippen molar-refractivity contribution in [1.29, 1.82) is 0 Å². The van der Waals surface area contributed by atoms with Crippen LogP contribution in [0.5, 0.6) is 0 Å². The summed E-state index contributed by atoms with van der Waals surface area (Å²) >= 11 is 0. The van der Waals surface area contributed by atoms with Gasteiger partial charge < -0.3 is 4.57 Å². The van der Waals surface area contributed by atoms with Crippen molar-refractivity contribution in [2.45, 2.75) is 5.41 Å². The average molecular weight is 880 g/mol. The van der Waals surface area contributed by atoms with E-state index >= 15 is 0 Å². The third-order valence-electron chi connectivity index (χ3n) is 14.2. The number of aromatic nitrogens is 5. The summed E-state index contributed by atoms with van der Waals surface area (Å²) in [6.45, 7) is 0. The molecule has 322 valence electrons. The highest BCUT2D eigenvalue weighted by atomic mass is 15.2. The van der Waals surface area contributed by atoms with E-state index in [1.165, 1.54) is 32.8 Å². The highest BCUT2D eigenvalue weighted by Crippen LogP contribution is 2.50. The van der Waals surface area contributed by atoms with Crippen LogP contribution >= 0.6 is 0 Å². The molecular weight excluding hydrogens is 839 g/mol. The Morgan fingerprint density at radius 1 is 0.362 bits per heavy atom. The summed E-state index contributed by atoms with van der Waals surface area (Å²) in [6.07, 6.45) is 4.73. The lowest BCUT2D eigenvalue weighted by molar-refractivity contribution is 0.787. The highest BCUT2D eigenvalue weighted by molar-refractivity contribution is 6.24. The largest absolute Gasteiger partial charge is 0.307 e. The molecule has 14 rings (SSSR count). The topological polar surface area (TPSA) is 48.5 Å². The number of hydrogen-bond acceptors (Lipinski definition) is 3. The molecule has 69 heavy (non-hydrogen) atoms. The molecule has 13 aromatic rings. The first kappa shape index (κ1) is 39.0. The van der Waals surface area contributed by atoms with Crippen molar-refractivity contribution in [3.05, 3.63) is 265 Å². The fourth-order valence-electron chi connectivity index (χ4n) is 11.1. The Bertz CT molecular complexity index is 4170. The van der Waals surface area contributed by atoms with Crippen LogP contribution < -0.4 is 0 Å². The smallest absolute Gasteiger partial charge is 0.238 e. The summed E-state index contributed by atoms with van der Waals surface area (Å²) in [4.78, 5) is 16.4. The molecule has 0 N–H and O–H groups in total. The van der Waals surface area contributed by atoms with Crippen LogP contribution in [-0.2, 0) is 5.41 Å². The Balaban J connectivity index is 1.14. The van der Waals surface area contributed by atoms with E-state index in [0.29, 0.717) is 17.6 Å². The molecule has 0 aliphatic heterocycles. The van der Waals surface area contributed by atoms with Crippen molar-refractivity contribution in [2.75, 3.05) is 0 Å². The van der Waals surface area contributed by atoms with Gasteiger partial charge in [0.15, 0.2) is 11.6 Å². The van der Waals surface area contributed by atoms with Gasteiger partial charge in [-0.15, -0.1) is 0 Å². The number of fused-ring (bicyclic) bond motifs is 7. The van der Waals surface area contributed by atoms with Crippen molar-refractivity contribution in [3.8, 4) is 45.5 Å². The lowest BCUT2D eigenvalue weighted by Crippen LogP contribution is -2.29. The van der Waals surface area contributed by atoms with Crippen LogP contribution in [0.15, 0.2) is 243 Å². The zero-order valence-corrected chi connectivity index (χ0v) is 37.4. The molecule has 0 saturated carbocycles. The van der Waals surface area contributed by atoms with Gasteiger partial charge in [0.25, 0.3) is 0 Å². The Kier molecular flexibility index (Phi) is 8.73. The van der Waals surface area contributed by atoms with Gasteiger partial charge >= 0.3 is 0 Å². The van der Waals surface area contributed by atoms with Crippen LogP contribution in [0.4, 0.5) is 0 Å². The zero-order valence-electron chi connectivity index (χ0n) is 37.4. The van der Waals surface area contributed by atoms with E-state index in [-0.39, 0.29) is 0 Å². The molecule has 1 aliphatic carbocycles. The number of allylic oxidation sites excluding steroid dienone is 1. The first-order valence-corrected chi connectivity index (χ1v) is 23.5. The molecule has 0 radical (unpaired) electrons. The Labute approximate surface area is 398 Å². The van der Waals surface area contributed by atoms with Crippen LogP contribution in [0.1, 0.15) is 22.3 Å². The molecule has 5 nitrogen and oxygen atoms in total. The van der Waals surface area contributed by atoms with Gasteiger partial charge in [0.2, 0.25) is 5.95 Å². The fraction of sp³-hybridized carbons (Fsp3) is 0.0156. The lowest BCUT2D eigenvalue weighted by Gasteiger charge is -2.37. The van der Waals surface area contributed by atoms with Gasteiger partial charge in [0, 0.05) is 38.4 Å². The Morgan fingerprint density at radius 3 is 1.71 bits per heavy atom. The standard InChI is InChI=1S/C64H41N5/c1-5-18-42(19-6-1)46-25-16-26-47(40-46)62-65-61(45-20-7-2-8-21-45)66-63(67-62)69-57-41-49(64(48-27-9-3-10-28-48)39-38-44-23-15-22-43-24-17-32-55(64)58(43)44)34-35-52(57)54-37-36-53-51-31-13-14-33-56(51)68(59(53)60(54)69)50-29-11-4-12-30-50/h1-41H. The van der Waals surface area contributed by atoms with Crippen LogP contribution in [0.3, 0.4) is 0 Å².